The number of nitrogens with zero attached hydrogens (tertiary/aromatic N) is 4. The van der Waals surface area contributed by atoms with E-state index in [2.05, 4.69) is 20.6 Å². The van der Waals surface area contributed by atoms with Crippen LogP contribution in [0.25, 0.3) is 5.65 Å². The fraction of sp³-hybridized carbons (Fsp3) is 0.333. The van der Waals surface area contributed by atoms with Crippen LogP contribution in [0.2, 0.25) is 0 Å². The van der Waals surface area contributed by atoms with Gasteiger partial charge in [0, 0.05) is 12.0 Å². The fourth-order valence-electron chi connectivity index (χ4n) is 2.46. The van der Waals surface area contributed by atoms with E-state index >= 15 is 0 Å². The van der Waals surface area contributed by atoms with Crippen LogP contribution in [0.15, 0.2) is 35.4 Å². The summed E-state index contributed by atoms with van der Waals surface area (Å²) in [6.07, 6.45) is 0. The molecule has 2 heterocycles. The first-order valence-corrected chi connectivity index (χ1v) is 9.37. The van der Waals surface area contributed by atoms with Crippen LogP contribution in [0.5, 0.6) is 11.5 Å². The molecular weight excluding hydrogens is 366 g/mol. The molecule has 0 fully saturated rings. The van der Waals surface area contributed by atoms with Crippen LogP contribution >= 0.6 is 11.8 Å². The molecule has 0 atom stereocenters. The number of amides is 1. The summed E-state index contributed by atoms with van der Waals surface area (Å²) < 4.78 is 12.2. The summed E-state index contributed by atoms with van der Waals surface area (Å²) in [7, 11) is 3.12. The molecule has 142 valence electrons. The van der Waals surface area contributed by atoms with Gasteiger partial charge in [-0.3, -0.25) is 4.79 Å². The molecule has 1 aromatic carbocycles. The third-order valence-electron chi connectivity index (χ3n) is 3.81. The Kier molecular flexibility index (Phi) is 5.80. The topological polar surface area (TPSA) is 90.6 Å². The molecular formula is C18H21N5O3S. The molecule has 0 aliphatic carbocycles. The van der Waals surface area contributed by atoms with E-state index in [1.54, 1.807) is 36.9 Å². The Labute approximate surface area is 161 Å². The van der Waals surface area contributed by atoms with Gasteiger partial charge in [-0.2, -0.15) is 9.61 Å². The van der Waals surface area contributed by atoms with Gasteiger partial charge in [-0.1, -0.05) is 25.6 Å². The van der Waals surface area contributed by atoms with Crippen molar-refractivity contribution in [2.45, 2.75) is 24.8 Å². The highest BCUT2D eigenvalue weighted by molar-refractivity contribution is 7.99. The van der Waals surface area contributed by atoms with E-state index in [4.69, 9.17) is 9.47 Å². The summed E-state index contributed by atoms with van der Waals surface area (Å²) in [5, 5.41) is 16.4. The molecule has 0 unspecified atom stereocenters. The number of fused-ring (bicyclic) bond motifs is 1. The zero-order chi connectivity index (χ0) is 19.4. The maximum atomic E-state index is 12.4. The number of ether oxygens (including phenoxy) is 2. The molecule has 0 bridgehead atoms. The highest BCUT2D eigenvalue weighted by Crippen LogP contribution is 2.29. The van der Waals surface area contributed by atoms with E-state index in [-0.39, 0.29) is 17.6 Å². The van der Waals surface area contributed by atoms with E-state index in [9.17, 15) is 4.79 Å². The predicted octanol–water partition coefficient (Wildman–Crippen LogP) is 3.00. The van der Waals surface area contributed by atoms with Crippen LogP contribution in [0, 0.1) is 0 Å². The lowest BCUT2D eigenvalue weighted by Crippen LogP contribution is -2.15. The van der Waals surface area contributed by atoms with Crippen molar-refractivity contribution in [3.63, 3.8) is 0 Å². The lowest BCUT2D eigenvalue weighted by molar-refractivity contribution is -0.113. The van der Waals surface area contributed by atoms with E-state index in [1.807, 2.05) is 26.0 Å². The number of methoxy groups -OCH3 is 2. The summed E-state index contributed by atoms with van der Waals surface area (Å²) >= 11 is 1.34. The van der Waals surface area contributed by atoms with E-state index < -0.39 is 0 Å². The van der Waals surface area contributed by atoms with Gasteiger partial charge < -0.3 is 14.8 Å². The molecule has 0 aliphatic heterocycles. The first-order valence-electron chi connectivity index (χ1n) is 8.39. The number of thioether (sulfide) groups is 1. The maximum absolute atomic E-state index is 12.4. The average Bonchev–Trinajstić information content (AvgIpc) is 3.09. The van der Waals surface area contributed by atoms with Gasteiger partial charge in [-0.05, 0) is 24.3 Å². The molecule has 3 rings (SSSR count). The quantitative estimate of drug-likeness (QED) is 0.623. The number of carbonyl (C=O) groups is 1. The Morgan fingerprint density at radius 2 is 2.00 bits per heavy atom. The lowest BCUT2D eigenvalue weighted by atomic mass is 10.2. The predicted molar refractivity (Wildman–Crippen MR) is 104 cm³/mol. The van der Waals surface area contributed by atoms with Crippen molar-refractivity contribution in [1.29, 1.82) is 0 Å². The molecule has 0 aliphatic rings. The van der Waals surface area contributed by atoms with Crippen LogP contribution in [0.1, 0.15) is 25.6 Å². The molecule has 0 spiro atoms. The molecule has 1 amide bonds. The fourth-order valence-corrected chi connectivity index (χ4v) is 3.12. The van der Waals surface area contributed by atoms with E-state index in [0.717, 1.165) is 10.9 Å². The average molecular weight is 387 g/mol. The minimum Gasteiger partial charge on any atom is -0.497 e. The summed E-state index contributed by atoms with van der Waals surface area (Å²) in [4.78, 5) is 12.4. The van der Waals surface area contributed by atoms with Crippen molar-refractivity contribution in [2.24, 2.45) is 0 Å². The lowest BCUT2D eigenvalue weighted by Gasteiger charge is -2.11. The van der Waals surface area contributed by atoms with Gasteiger partial charge in [-0.25, -0.2) is 0 Å². The number of anilines is 1. The van der Waals surface area contributed by atoms with Gasteiger partial charge >= 0.3 is 0 Å². The Morgan fingerprint density at radius 1 is 1.19 bits per heavy atom. The molecule has 0 radical (unpaired) electrons. The second-order valence-electron chi connectivity index (χ2n) is 6.06. The third-order valence-corrected chi connectivity index (χ3v) is 4.73. The first-order chi connectivity index (χ1) is 13.0. The van der Waals surface area contributed by atoms with Gasteiger partial charge in [-0.15, -0.1) is 10.2 Å². The molecule has 8 nitrogen and oxygen atoms in total. The summed E-state index contributed by atoms with van der Waals surface area (Å²) in [6, 6.07) is 8.91. The number of rotatable bonds is 7. The summed E-state index contributed by atoms with van der Waals surface area (Å²) in [6.45, 7) is 4.07. The third kappa shape index (κ3) is 4.30. The number of hydrogen-bond acceptors (Lipinski definition) is 7. The summed E-state index contributed by atoms with van der Waals surface area (Å²) in [5.41, 5.74) is 1.25. The number of aromatic nitrogens is 4. The van der Waals surface area contributed by atoms with Crippen LogP contribution in [0.4, 0.5) is 5.69 Å². The molecule has 2 aromatic heterocycles. The smallest absolute Gasteiger partial charge is 0.234 e. The number of carbonyl (C=O) groups excluding carboxylic acids is 1. The van der Waals surface area contributed by atoms with E-state index in [0.29, 0.717) is 22.8 Å². The van der Waals surface area contributed by atoms with Gasteiger partial charge in [0.2, 0.25) is 5.91 Å². The van der Waals surface area contributed by atoms with Gasteiger partial charge in [0.1, 0.15) is 16.5 Å². The SMILES string of the molecule is COc1ccc(OC)c(NC(=O)CSc2ccc3nnc(C(C)C)n3n2)c1. The monoisotopic (exact) mass is 387 g/mol. The minimum absolute atomic E-state index is 0.165. The van der Waals surface area contributed by atoms with Gasteiger partial charge in [0.15, 0.2) is 11.5 Å². The van der Waals surface area contributed by atoms with E-state index in [1.165, 1.54) is 11.8 Å². The Balaban J connectivity index is 1.69. The van der Waals surface area contributed by atoms with Gasteiger partial charge in [0.25, 0.3) is 0 Å². The second-order valence-corrected chi connectivity index (χ2v) is 7.05. The van der Waals surface area contributed by atoms with Crippen LogP contribution in [-0.4, -0.2) is 45.7 Å². The minimum atomic E-state index is -0.165. The molecule has 1 N–H and O–H groups in total. The van der Waals surface area contributed by atoms with Crippen molar-refractivity contribution in [3.8, 4) is 11.5 Å². The number of benzene rings is 1. The van der Waals surface area contributed by atoms with Crippen molar-refractivity contribution in [2.75, 3.05) is 25.3 Å². The number of hydrogen-bond donors (Lipinski definition) is 1. The zero-order valence-corrected chi connectivity index (χ0v) is 16.4. The Bertz CT molecular complexity index is 957. The molecule has 3 aromatic rings. The Hall–Kier alpha value is -2.81. The largest absolute Gasteiger partial charge is 0.497 e. The Morgan fingerprint density at radius 3 is 2.70 bits per heavy atom. The highest BCUT2D eigenvalue weighted by Gasteiger charge is 2.13. The number of nitrogens with one attached hydrogen (secondary N) is 1. The highest BCUT2D eigenvalue weighted by atomic mass is 32.2. The van der Waals surface area contributed by atoms with Crippen molar-refractivity contribution in [1.82, 2.24) is 19.8 Å². The van der Waals surface area contributed by atoms with Crippen LogP contribution < -0.4 is 14.8 Å². The first kappa shape index (κ1) is 19.0. The van der Waals surface area contributed by atoms with Crippen molar-refractivity contribution in [3.05, 3.63) is 36.2 Å². The van der Waals surface area contributed by atoms with Gasteiger partial charge in [0.05, 0.1) is 25.7 Å². The van der Waals surface area contributed by atoms with Crippen LogP contribution in [0.3, 0.4) is 0 Å². The second kappa shape index (κ2) is 8.26. The molecule has 27 heavy (non-hydrogen) atoms. The molecule has 0 saturated heterocycles. The zero-order valence-electron chi connectivity index (χ0n) is 15.6. The standard InChI is InChI=1S/C18H21N5O3S/c1-11(2)18-21-20-15-7-8-17(22-23(15)18)27-10-16(24)19-13-9-12(25-3)5-6-14(13)26-4/h5-9,11H,10H2,1-4H3,(H,19,24). The molecule has 0 saturated carbocycles. The van der Waals surface area contributed by atoms with Crippen LogP contribution in [-0.2, 0) is 4.79 Å². The molecule has 9 heteroatoms. The normalized spacial score (nSPS) is 11.0. The summed E-state index contributed by atoms with van der Waals surface area (Å²) in [5.74, 6) is 2.24. The van der Waals surface area contributed by atoms with Crippen molar-refractivity contribution < 1.29 is 14.3 Å². The maximum Gasteiger partial charge on any atom is 0.234 e. The van der Waals surface area contributed by atoms with Crippen molar-refractivity contribution >= 4 is 29.0 Å².